The molecule has 1 aliphatic rings. The number of piperidine rings is 1. The summed E-state index contributed by atoms with van der Waals surface area (Å²) in [5.41, 5.74) is 2.08. The maximum absolute atomic E-state index is 11.4. The second-order valence-corrected chi connectivity index (χ2v) is 5.43. The van der Waals surface area contributed by atoms with Gasteiger partial charge in [0.2, 0.25) is 11.9 Å². The van der Waals surface area contributed by atoms with E-state index in [-0.39, 0.29) is 5.91 Å². The molecule has 1 saturated heterocycles. The number of nitrogens with zero attached hydrogens (tertiary/aromatic N) is 3. The van der Waals surface area contributed by atoms with E-state index in [4.69, 9.17) is 0 Å². The van der Waals surface area contributed by atoms with Crippen LogP contribution in [0.4, 0.5) is 5.95 Å². The number of carbonyl (C=O) groups excluding carboxylic acids is 1. The van der Waals surface area contributed by atoms with Crippen molar-refractivity contribution < 1.29 is 4.79 Å². The van der Waals surface area contributed by atoms with Crippen LogP contribution in [-0.4, -0.2) is 47.0 Å². The van der Waals surface area contributed by atoms with Gasteiger partial charge in [-0.3, -0.25) is 4.79 Å². The number of aromatic nitrogens is 2. The smallest absolute Gasteiger partial charge is 0.219 e. The predicted molar refractivity (Wildman–Crippen MR) is 79.8 cm³/mol. The van der Waals surface area contributed by atoms with Crippen LogP contribution in [-0.2, 0) is 4.79 Å². The van der Waals surface area contributed by atoms with Crippen molar-refractivity contribution in [2.24, 2.45) is 0 Å². The molecule has 1 amide bonds. The number of fused-ring (bicyclic) bond motifs is 1. The Kier molecular flexibility index (Phi) is 3.34. The fourth-order valence-electron chi connectivity index (χ4n) is 2.81. The van der Waals surface area contributed by atoms with Crippen molar-refractivity contribution in [3.05, 3.63) is 24.3 Å². The van der Waals surface area contributed by atoms with Crippen molar-refractivity contribution in [3.8, 4) is 0 Å². The number of anilines is 1. The average molecular weight is 272 g/mol. The summed E-state index contributed by atoms with van der Waals surface area (Å²) in [5, 5.41) is 0. The maximum Gasteiger partial charge on any atom is 0.219 e. The Morgan fingerprint density at radius 1 is 1.35 bits per heavy atom. The van der Waals surface area contributed by atoms with Gasteiger partial charge in [-0.25, -0.2) is 4.98 Å². The highest BCUT2D eigenvalue weighted by Crippen LogP contribution is 2.22. The van der Waals surface area contributed by atoms with Gasteiger partial charge in [-0.05, 0) is 25.0 Å². The Morgan fingerprint density at radius 2 is 2.05 bits per heavy atom. The topological polar surface area (TPSA) is 52.2 Å². The quantitative estimate of drug-likeness (QED) is 0.910. The van der Waals surface area contributed by atoms with Crippen molar-refractivity contribution in [1.29, 1.82) is 0 Å². The third kappa shape index (κ3) is 2.35. The fraction of sp³-hybridized carbons (Fsp3) is 0.467. The van der Waals surface area contributed by atoms with Crippen molar-refractivity contribution in [1.82, 2.24) is 14.9 Å². The summed E-state index contributed by atoms with van der Waals surface area (Å²) in [6, 6.07) is 8.43. The van der Waals surface area contributed by atoms with Crippen molar-refractivity contribution in [2.75, 3.05) is 25.0 Å². The molecule has 0 unspecified atom stereocenters. The predicted octanol–water partition coefficient (Wildman–Crippen LogP) is 2.01. The first-order chi connectivity index (χ1) is 9.65. The lowest BCUT2D eigenvalue weighted by molar-refractivity contribution is -0.129. The van der Waals surface area contributed by atoms with E-state index in [0.29, 0.717) is 6.04 Å². The Morgan fingerprint density at radius 3 is 2.70 bits per heavy atom. The summed E-state index contributed by atoms with van der Waals surface area (Å²) in [6.45, 7) is 3.50. The number of amides is 1. The van der Waals surface area contributed by atoms with E-state index in [0.717, 1.165) is 42.9 Å². The van der Waals surface area contributed by atoms with Gasteiger partial charge in [0.05, 0.1) is 11.0 Å². The summed E-state index contributed by atoms with van der Waals surface area (Å²) in [5.74, 6) is 1.09. The number of H-pyrrole nitrogens is 1. The number of carbonyl (C=O) groups is 1. The lowest BCUT2D eigenvalue weighted by Gasteiger charge is -2.36. The van der Waals surface area contributed by atoms with Crippen LogP contribution in [0.2, 0.25) is 0 Å². The molecule has 20 heavy (non-hydrogen) atoms. The standard InChI is InChI=1S/C15H20N4O/c1-11(20)18(2)12-7-9-19(10-8-12)15-16-13-5-3-4-6-14(13)17-15/h3-6,12H,7-10H2,1-2H3,(H,16,17). The molecule has 1 N–H and O–H groups in total. The van der Waals surface area contributed by atoms with E-state index in [9.17, 15) is 4.79 Å². The van der Waals surface area contributed by atoms with Crippen molar-refractivity contribution in [2.45, 2.75) is 25.8 Å². The number of imidazole rings is 1. The minimum absolute atomic E-state index is 0.146. The zero-order valence-corrected chi connectivity index (χ0v) is 12.0. The zero-order valence-electron chi connectivity index (χ0n) is 12.0. The van der Waals surface area contributed by atoms with Crippen LogP contribution in [0.3, 0.4) is 0 Å². The lowest BCUT2D eigenvalue weighted by Crippen LogP contribution is -2.45. The van der Waals surface area contributed by atoms with Gasteiger partial charge < -0.3 is 14.8 Å². The lowest BCUT2D eigenvalue weighted by atomic mass is 10.0. The van der Waals surface area contributed by atoms with Gasteiger partial charge in [-0.15, -0.1) is 0 Å². The fourth-order valence-corrected chi connectivity index (χ4v) is 2.81. The van der Waals surface area contributed by atoms with E-state index in [1.54, 1.807) is 6.92 Å². The van der Waals surface area contributed by atoms with Crippen LogP contribution in [0, 0.1) is 0 Å². The molecular formula is C15H20N4O. The summed E-state index contributed by atoms with van der Waals surface area (Å²) >= 11 is 0. The molecule has 0 saturated carbocycles. The highest BCUT2D eigenvalue weighted by molar-refractivity contribution is 5.77. The van der Waals surface area contributed by atoms with Gasteiger partial charge in [0.1, 0.15) is 0 Å². The van der Waals surface area contributed by atoms with Crippen LogP contribution in [0.15, 0.2) is 24.3 Å². The molecule has 5 heteroatoms. The molecule has 5 nitrogen and oxygen atoms in total. The number of hydrogen-bond acceptors (Lipinski definition) is 3. The largest absolute Gasteiger partial charge is 0.343 e. The molecule has 3 rings (SSSR count). The minimum atomic E-state index is 0.146. The van der Waals surface area contributed by atoms with Gasteiger partial charge in [0.15, 0.2) is 0 Å². The van der Waals surface area contributed by atoms with E-state index in [1.807, 2.05) is 36.2 Å². The highest BCUT2D eigenvalue weighted by Gasteiger charge is 2.25. The third-order valence-electron chi connectivity index (χ3n) is 4.19. The molecule has 2 aromatic rings. The molecule has 0 atom stereocenters. The highest BCUT2D eigenvalue weighted by atomic mass is 16.2. The van der Waals surface area contributed by atoms with Crippen molar-refractivity contribution in [3.63, 3.8) is 0 Å². The maximum atomic E-state index is 11.4. The molecule has 0 spiro atoms. The molecule has 1 aliphatic heterocycles. The summed E-state index contributed by atoms with van der Waals surface area (Å²) in [7, 11) is 1.89. The van der Waals surface area contributed by atoms with Crippen LogP contribution >= 0.6 is 0 Å². The van der Waals surface area contributed by atoms with E-state index >= 15 is 0 Å². The average Bonchev–Trinajstić information content (AvgIpc) is 2.90. The minimum Gasteiger partial charge on any atom is -0.343 e. The van der Waals surface area contributed by atoms with Crippen LogP contribution in [0.25, 0.3) is 11.0 Å². The summed E-state index contributed by atoms with van der Waals surface area (Å²) < 4.78 is 0. The molecule has 1 fully saturated rings. The van der Waals surface area contributed by atoms with Crippen molar-refractivity contribution >= 4 is 22.9 Å². The van der Waals surface area contributed by atoms with Gasteiger partial charge in [-0.2, -0.15) is 0 Å². The Labute approximate surface area is 118 Å². The molecule has 106 valence electrons. The normalized spacial score (nSPS) is 16.6. The zero-order chi connectivity index (χ0) is 14.1. The molecule has 2 heterocycles. The number of aromatic amines is 1. The number of para-hydroxylation sites is 2. The van der Waals surface area contributed by atoms with Crippen LogP contribution in [0.1, 0.15) is 19.8 Å². The Bertz CT molecular complexity index is 580. The molecule has 0 radical (unpaired) electrons. The molecule has 1 aromatic heterocycles. The van der Waals surface area contributed by atoms with E-state index < -0.39 is 0 Å². The first-order valence-electron chi connectivity index (χ1n) is 7.08. The second kappa shape index (κ2) is 5.15. The molecule has 1 aromatic carbocycles. The monoisotopic (exact) mass is 272 g/mol. The SMILES string of the molecule is CC(=O)N(C)C1CCN(c2nc3ccccc3[nH]2)CC1. The Hall–Kier alpha value is -2.04. The number of nitrogens with one attached hydrogen (secondary N) is 1. The van der Waals surface area contributed by atoms with Gasteiger partial charge in [-0.1, -0.05) is 12.1 Å². The number of benzene rings is 1. The van der Waals surface area contributed by atoms with E-state index in [1.165, 1.54) is 0 Å². The molecular weight excluding hydrogens is 252 g/mol. The molecule has 0 bridgehead atoms. The number of rotatable bonds is 2. The third-order valence-corrected chi connectivity index (χ3v) is 4.19. The number of hydrogen-bond donors (Lipinski definition) is 1. The van der Waals surface area contributed by atoms with Gasteiger partial charge in [0.25, 0.3) is 0 Å². The van der Waals surface area contributed by atoms with Gasteiger partial charge >= 0.3 is 0 Å². The second-order valence-electron chi connectivity index (χ2n) is 5.43. The Balaban J connectivity index is 1.70. The first-order valence-corrected chi connectivity index (χ1v) is 7.08. The van der Waals surface area contributed by atoms with E-state index in [2.05, 4.69) is 14.9 Å². The summed E-state index contributed by atoms with van der Waals surface area (Å²) in [6.07, 6.45) is 1.99. The first kappa shape index (κ1) is 13.0. The van der Waals surface area contributed by atoms with Gasteiger partial charge in [0, 0.05) is 33.1 Å². The summed E-state index contributed by atoms with van der Waals surface area (Å²) in [4.78, 5) is 23.5. The van der Waals surface area contributed by atoms with Crippen LogP contribution in [0.5, 0.6) is 0 Å². The van der Waals surface area contributed by atoms with Crippen LogP contribution < -0.4 is 4.90 Å². The molecule has 0 aliphatic carbocycles.